The van der Waals surface area contributed by atoms with Crippen molar-refractivity contribution < 1.29 is 4.79 Å². The van der Waals surface area contributed by atoms with E-state index in [0.717, 1.165) is 42.6 Å². The number of rotatable bonds is 2. The molecule has 0 unspecified atom stereocenters. The Morgan fingerprint density at radius 1 is 1.44 bits per heavy atom. The number of carbonyl (C=O) groups is 1. The first-order chi connectivity index (χ1) is 8.65. The predicted octanol–water partition coefficient (Wildman–Crippen LogP) is 3.04. The van der Waals surface area contributed by atoms with Gasteiger partial charge < -0.3 is 4.90 Å². The molecule has 3 nitrogen and oxygen atoms in total. The zero-order chi connectivity index (χ0) is 13.0. The van der Waals surface area contributed by atoms with Crippen LogP contribution in [0.2, 0.25) is 0 Å². The minimum Gasteiger partial charge on any atom is -0.343 e. The minimum atomic E-state index is 0.205. The molecule has 1 saturated heterocycles. The second-order valence-electron chi connectivity index (χ2n) is 4.96. The molecular weight excluding hydrogens is 292 g/mol. The summed E-state index contributed by atoms with van der Waals surface area (Å²) in [7, 11) is 0. The highest BCUT2D eigenvalue weighted by molar-refractivity contribution is 9.10. The van der Waals surface area contributed by atoms with E-state index in [9.17, 15) is 4.79 Å². The smallest absolute Gasteiger partial charge is 0.219 e. The van der Waals surface area contributed by atoms with Crippen LogP contribution in [0.5, 0.6) is 0 Å². The van der Waals surface area contributed by atoms with E-state index < -0.39 is 0 Å². The van der Waals surface area contributed by atoms with Crippen LogP contribution in [0.3, 0.4) is 0 Å². The molecule has 0 N–H and O–H groups in total. The average molecular weight is 311 g/mol. The van der Waals surface area contributed by atoms with Gasteiger partial charge in [0.05, 0.1) is 0 Å². The molecule has 0 bridgehead atoms. The molecular formula is C14H19BrN2O. The van der Waals surface area contributed by atoms with Gasteiger partial charge in [-0.25, -0.2) is 4.98 Å². The molecule has 0 aromatic carbocycles. The maximum atomic E-state index is 11.4. The topological polar surface area (TPSA) is 33.2 Å². The zero-order valence-electron chi connectivity index (χ0n) is 10.7. The summed E-state index contributed by atoms with van der Waals surface area (Å²) in [6.07, 6.45) is 4.41. The molecule has 1 aliphatic heterocycles. The fourth-order valence-corrected chi connectivity index (χ4v) is 2.92. The normalized spacial score (nSPS) is 20.6. The summed E-state index contributed by atoms with van der Waals surface area (Å²) >= 11 is 3.41. The molecule has 0 aliphatic carbocycles. The second-order valence-corrected chi connectivity index (χ2v) is 5.77. The van der Waals surface area contributed by atoms with E-state index in [1.807, 2.05) is 17.0 Å². The summed E-state index contributed by atoms with van der Waals surface area (Å²) in [4.78, 5) is 17.8. The lowest BCUT2D eigenvalue weighted by Gasteiger charge is -2.18. The van der Waals surface area contributed by atoms with Gasteiger partial charge in [-0.1, -0.05) is 6.07 Å². The van der Waals surface area contributed by atoms with Crippen LogP contribution in [0.1, 0.15) is 31.9 Å². The Kier molecular flexibility index (Phi) is 4.75. The van der Waals surface area contributed by atoms with Crippen LogP contribution in [-0.2, 0) is 11.2 Å². The van der Waals surface area contributed by atoms with Crippen LogP contribution in [0.25, 0.3) is 0 Å². The van der Waals surface area contributed by atoms with Crippen molar-refractivity contribution in [2.45, 2.75) is 32.6 Å². The van der Waals surface area contributed by atoms with Crippen molar-refractivity contribution in [3.05, 3.63) is 28.5 Å². The molecule has 1 atom stereocenters. The van der Waals surface area contributed by atoms with Gasteiger partial charge in [-0.3, -0.25) is 4.79 Å². The van der Waals surface area contributed by atoms with Crippen LogP contribution in [0.4, 0.5) is 0 Å². The molecule has 0 saturated carbocycles. The number of carbonyl (C=O) groups excluding carboxylic acids is 1. The van der Waals surface area contributed by atoms with Crippen LogP contribution in [-0.4, -0.2) is 28.9 Å². The van der Waals surface area contributed by atoms with Crippen molar-refractivity contribution in [3.8, 4) is 0 Å². The quantitative estimate of drug-likeness (QED) is 0.787. The fourth-order valence-electron chi connectivity index (χ4n) is 2.54. The molecule has 0 spiro atoms. The number of amides is 1. The number of hydrogen-bond acceptors (Lipinski definition) is 2. The highest BCUT2D eigenvalue weighted by Gasteiger charge is 2.19. The molecule has 1 fully saturated rings. The number of aromatic nitrogens is 1. The summed E-state index contributed by atoms with van der Waals surface area (Å²) in [5.74, 6) is 0.854. The first-order valence-corrected chi connectivity index (χ1v) is 7.31. The van der Waals surface area contributed by atoms with Gasteiger partial charge >= 0.3 is 0 Å². The molecule has 2 rings (SSSR count). The molecule has 18 heavy (non-hydrogen) atoms. The number of halogens is 1. The SMILES string of the molecule is CC(=O)N1CCC[C@@H](Cc2cccc(Br)n2)CC1. The third-order valence-corrected chi connectivity index (χ3v) is 4.01. The first-order valence-electron chi connectivity index (χ1n) is 6.52. The number of pyridine rings is 1. The summed E-state index contributed by atoms with van der Waals surface area (Å²) in [5.41, 5.74) is 1.14. The van der Waals surface area contributed by atoms with Crippen LogP contribution in [0, 0.1) is 5.92 Å². The highest BCUT2D eigenvalue weighted by atomic mass is 79.9. The summed E-state index contributed by atoms with van der Waals surface area (Å²) in [6, 6.07) is 6.07. The van der Waals surface area contributed by atoms with Crippen molar-refractivity contribution in [1.29, 1.82) is 0 Å². The van der Waals surface area contributed by atoms with Crippen molar-refractivity contribution in [2.75, 3.05) is 13.1 Å². The van der Waals surface area contributed by atoms with Crippen molar-refractivity contribution >= 4 is 21.8 Å². The third kappa shape index (κ3) is 3.80. The zero-order valence-corrected chi connectivity index (χ0v) is 12.3. The molecule has 1 aromatic heterocycles. The van der Waals surface area contributed by atoms with Gasteiger partial charge in [0.1, 0.15) is 4.60 Å². The molecule has 1 amide bonds. The Morgan fingerprint density at radius 3 is 3.00 bits per heavy atom. The van der Waals surface area contributed by atoms with Gasteiger partial charge in [-0.2, -0.15) is 0 Å². The van der Waals surface area contributed by atoms with Gasteiger partial charge in [0.2, 0.25) is 5.91 Å². The lowest BCUT2D eigenvalue weighted by molar-refractivity contribution is -0.128. The highest BCUT2D eigenvalue weighted by Crippen LogP contribution is 2.21. The maximum Gasteiger partial charge on any atom is 0.219 e. The van der Waals surface area contributed by atoms with E-state index in [2.05, 4.69) is 27.0 Å². The summed E-state index contributed by atoms with van der Waals surface area (Å²) < 4.78 is 0.902. The van der Waals surface area contributed by atoms with Gasteiger partial charge in [0, 0.05) is 25.7 Å². The van der Waals surface area contributed by atoms with Gasteiger partial charge in [0.15, 0.2) is 0 Å². The Hall–Kier alpha value is -0.900. The second kappa shape index (κ2) is 6.32. The van der Waals surface area contributed by atoms with Gasteiger partial charge in [0.25, 0.3) is 0 Å². The number of nitrogens with zero attached hydrogens (tertiary/aromatic N) is 2. The van der Waals surface area contributed by atoms with Crippen molar-refractivity contribution in [2.24, 2.45) is 5.92 Å². The first kappa shape index (κ1) is 13.5. The lowest BCUT2D eigenvalue weighted by atomic mass is 9.95. The average Bonchev–Trinajstić information content (AvgIpc) is 2.55. The fraction of sp³-hybridized carbons (Fsp3) is 0.571. The van der Waals surface area contributed by atoms with E-state index in [0.29, 0.717) is 5.92 Å². The Balaban J connectivity index is 1.92. The molecule has 98 valence electrons. The van der Waals surface area contributed by atoms with E-state index in [1.165, 1.54) is 6.42 Å². The van der Waals surface area contributed by atoms with Crippen molar-refractivity contribution in [1.82, 2.24) is 9.88 Å². The van der Waals surface area contributed by atoms with E-state index >= 15 is 0 Å². The lowest BCUT2D eigenvalue weighted by Crippen LogP contribution is -2.29. The maximum absolute atomic E-state index is 11.4. The Morgan fingerprint density at radius 2 is 2.28 bits per heavy atom. The largest absolute Gasteiger partial charge is 0.343 e. The molecule has 1 aromatic rings. The Bertz CT molecular complexity index is 422. The Labute approximate surface area is 117 Å². The van der Waals surface area contributed by atoms with Crippen molar-refractivity contribution in [3.63, 3.8) is 0 Å². The third-order valence-electron chi connectivity index (χ3n) is 3.56. The van der Waals surface area contributed by atoms with Gasteiger partial charge in [-0.05, 0) is 59.7 Å². The number of hydrogen-bond donors (Lipinski definition) is 0. The van der Waals surface area contributed by atoms with E-state index in [1.54, 1.807) is 6.92 Å². The van der Waals surface area contributed by atoms with Crippen LogP contribution >= 0.6 is 15.9 Å². The van der Waals surface area contributed by atoms with E-state index in [-0.39, 0.29) is 5.91 Å². The van der Waals surface area contributed by atoms with E-state index in [4.69, 9.17) is 0 Å². The van der Waals surface area contributed by atoms with Gasteiger partial charge in [-0.15, -0.1) is 0 Å². The predicted molar refractivity (Wildman–Crippen MR) is 75.2 cm³/mol. The summed E-state index contributed by atoms with van der Waals surface area (Å²) in [6.45, 7) is 3.47. The molecule has 4 heteroatoms. The number of likely N-dealkylation sites (tertiary alicyclic amines) is 1. The molecule has 0 radical (unpaired) electrons. The molecule has 2 heterocycles. The standard InChI is InChI=1S/C14H19BrN2O/c1-11(18)17-8-3-4-12(7-9-17)10-13-5-2-6-14(15)16-13/h2,5-6,12H,3-4,7-10H2,1H3/t12-/m1/s1. The minimum absolute atomic E-state index is 0.205. The summed E-state index contributed by atoms with van der Waals surface area (Å²) in [5, 5.41) is 0. The molecule has 1 aliphatic rings. The monoisotopic (exact) mass is 310 g/mol. The van der Waals surface area contributed by atoms with Crippen LogP contribution in [0.15, 0.2) is 22.8 Å². The van der Waals surface area contributed by atoms with Crippen LogP contribution < -0.4 is 0 Å².